The minimum Gasteiger partial charge on any atom is -0.372 e. The predicted molar refractivity (Wildman–Crippen MR) is 89.2 cm³/mol. The maximum Gasteiger partial charge on any atom is 0.224 e. The highest BCUT2D eigenvalue weighted by atomic mass is 16.5. The van der Waals surface area contributed by atoms with E-state index in [4.69, 9.17) is 4.74 Å². The first-order chi connectivity index (χ1) is 11.1. The molecule has 1 amide bonds. The van der Waals surface area contributed by atoms with Gasteiger partial charge in [0.15, 0.2) is 0 Å². The number of morpholine rings is 1. The van der Waals surface area contributed by atoms with Crippen LogP contribution in [0.4, 0.5) is 5.82 Å². The average Bonchev–Trinajstić information content (AvgIpc) is 2.54. The van der Waals surface area contributed by atoms with Gasteiger partial charge in [0.2, 0.25) is 5.91 Å². The lowest BCUT2D eigenvalue weighted by Gasteiger charge is -2.35. The second-order valence-corrected chi connectivity index (χ2v) is 5.97. The number of fused-ring (bicyclic) bond motifs is 1. The smallest absolute Gasteiger partial charge is 0.224 e. The molecule has 0 spiro atoms. The molecule has 0 aliphatic carbocycles. The van der Waals surface area contributed by atoms with Gasteiger partial charge in [-0.15, -0.1) is 0 Å². The van der Waals surface area contributed by atoms with E-state index >= 15 is 0 Å². The van der Waals surface area contributed by atoms with Crippen molar-refractivity contribution in [1.82, 2.24) is 14.9 Å². The SMILES string of the molecule is C[C@@H]1CN(C(=O)CCNc2ncnc3ccccc23)C[C@@H](C)O1. The Kier molecular flexibility index (Phi) is 4.71. The Morgan fingerprint density at radius 1 is 1.26 bits per heavy atom. The molecular weight excluding hydrogens is 292 g/mol. The van der Waals surface area contributed by atoms with Crippen LogP contribution in [-0.2, 0) is 9.53 Å². The van der Waals surface area contributed by atoms with E-state index in [0.29, 0.717) is 26.1 Å². The number of hydrogen-bond donors (Lipinski definition) is 1. The highest BCUT2D eigenvalue weighted by molar-refractivity contribution is 5.88. The van der Waals surface area contributed by atoms with Crippen molar-refractivity contribution in [2.24, 2.45) is 0 Å². The quantitative estimate of drug-likeness (QED) is 0.936. The molecule has 2 atom stereocenters. The van der Waals surface area contributed by atoms with Crippen LogP contribution >= 0.6 is 0 Å². The summed E-state index contributed by atoms with van der Waals surface area (Å²) in [6.07, 6.45) is 2.18. The van der Waals surface area contributed by atoms with Gasteiger partial charge >= 0.3 is 0 Å². The normalized spacial score (nSPS) is 21.4. The largest absolute Gasteiger partial charge is 0.372 e. The van der Waals surface area contributed by atoms with Crippen LogP contribution in [0.3, 0.4) is 0 Å². The van der Waals surface area contributed by atoms with E-state index in [1.165, 1.54) is 6.33 Å². The summed E-state index contributed by atoms with van der Waals surface area (Å²) in [5.41, 5.74) is 0.896. The minimum absolute atomic E-state index is 0.0986. The van der Waals surface area contributed by atoms with Crippen LogP contribution in [0.5, 0.6) is 0 Å². The van der Waals surface area contributed by atoms with Crippen molar-refractivity contribution in [3.05, 3.63) is 30.6 Å². The Morgan fingerprint density at radius 3 is 2.78 bits per heavy atom. The number of benzene rings is 1. The predicted octanol–water partition coefficient (Wildman–Crippen LogP) is 2.07. The van der Waals surface area contributed by atoms with Crippen LogP contribution in [0, 0.1) is 0 Å². The van der Waals surface area contributed by atoms with Gasteiger partial charge in [-0.05, 0) is 26.0 Å². The van der Waals surface area contributed by atoms with E-state index in [1.54, 1.807) is 0 Å². The highest BCUT2D eigenvalue weighted by Gasteiger charge is 2.25. The molecule has 1 saturated heterocycles. The van der Waals surface area contributed by atoms with Gasteiger partial charge in [-0.25, -0.2) is 9.97 Å². The molecule has 0 bridgehead atoms. The van der Waals surface area contributed by atoms with Gasteiger partial charge in [0.25, 0.3) is 0 Å². The van der Waals surface area contributed by atoms with Crippen molar-refractivity contribution in [2.45, 2.75) is 32.5 Å². The topological polar surface area (TPSA) is 67.4 Å². The number of nitrogens with one attached hydrogen (secondary N) is 1. The first-order valence-electron chi connectivity index (χ1n) is 8.00. The lowest BCUT2D eigenvalue weighted by Crippen LogP contribution is -2.48. The van der Waals surface area contributed by atoms with Crippen LogP contribution in [-0.4, -0.2) is 52.6 Å². The van der Waals surface area contributed by atoms with Crippen LogP contribution < -0.4 is 5.32 Å². The molecule has 122 valence electrons. The molecule has 1 fully saturated rings. The number of anilines is 1. The molecule has 0 radical (unpaired) electrons. The lowest BCUT2D eigenvalue weighted by molar-refractivity contribution is -0.142. The summed E-state index contributed by atoms with van der Waals surface area (Å²) in [6.45, 7) is 5.89. The second-order valence-electron chi connectivity index (χ2n) is 5.97. The number of aromatic nitrogens is 2. The van der Waals surface area contributed by atoms with Crippen LogP contribution in [0.25, 0.3) is 10.9 Å². The Labute approximate surface area is 135 Å². The van der Waals surface area contributed by atoms with Crippen molar-refractivity contribution in [2.75, 3.05) is 25.0 Å². The van der Waals surface area contributed by atoms with Gasteiger partial charge in [0.05, 0.1) is 17.7 Å². The first-order valence-corrected chi connectivity index (χ1v) is 8.00. The molecule has 0 saturated carbocycles. The molecule has 0 unspecified atom stereocenters. The Hall–Kier alpha value is -2.21. The molecule has 3 rings (SSSR count). The van der Waals surface area contributed by atoms with Gasteiger partial charge in [0.1, 0.15) is 12.1 Å². The fraction of sp³-hybridized carbons (Fsp3) is 0.471. The number of carbonyl (C=O) groups excluding carboxylic acids is 1. The zero-order valence-corrected chi connectivity index (χ0v) is 13.5. The molecule has 6 heteroatoms. The number of para-hydroxylation sites is 1. The summed E-state index contributed by atoms with van der Waals surface area (Å²) in [5.74, 6) is 0.921. The second kappa shape index (κ2) is 6.91. The maximum absolute atomic E-state index is 12.3. The minimum atomic E-state index is 0.0986. The third kappa shape index (κ3) is 3.76. The van der Waals surface area contributed by atoms with Gasteiger partial charge in [-0.2, -0.15) is 0 Å². The Morgan fingerprint density at radius 2 is 2.00 bits per heavy atom. The van der Waals surface area contributed by atoms with Gasteiger partial charge in [-0.3, -0.25) is 4.79 Å². The van der Waals surface area contributed by atoms with Crippen molar-refractivity contribution in [3.63, 3.8) is 0 Å². The van der Waals surface area contributed by atoms with Gasteiger partial charge in [0, 0.05) is 31.4 Å². The zero-order valence-electron chi connectivity index (χ0n) is 13.5. The van der Waals surface area contributed by atoms with E-state index in [2.05, 4.69) is 15.3 Å². The average molecular weight is 314 g/mol. The molecule has 1 aliphatic heterocycles. The van der Waals surface area contributed by atoms with E-state index in [0.717, 1.165) is 16.7 Å². The number of ether oxygens (including phenoxy) is 1. The number of hydrogen-bond acceptors (Lipinski definition) is 5. The molecule has 1 aromatic carbocycles. The van der Waals surface area contributed by atoms with E-state index in [9.17, 15) is 4.79 Å². The highest BCUT2D eigenvalue weighted by Crippen LogP contribution is 2.18. The fourth-order valence-corrected chi connectivity index (χ4v) is 2.97. The number of amides is 1. The van der Waals surface area contributed by atoms with Crippen LogP contribution in [0.15, 0.2) is 30.6 Å². The van der Waals surface area contributed by atoms with Gasteiger partial charge < -0.3 is 15.0 Å². The number of carbonyl (C=O) groups is 1. The molecule has 6 nitrogen and oxygen atoms in total. The lowest BCUT2D eigenvalue weighted by atomic mass is 10.2. The number of rotatable bonds is 4. The fourth-order valence-electron chi connectivity index (χ4n) is 2.97. The van der Waals surface area contributed by atoms with Crippen molar-refractivity contribution < 1.29 is 9.53 Å². The van der Waals surface area contributed by atoms with E-state index < -0.39 is 0 Å². The monoisotopic (exact) mass is 314 g/mol. The Balaban J connectivity index is 1.57. The number of nitrogens with zero attached hydrogens (tertiary/aromatic N) is 3. The maximum atomic E-state index is 12.3. The van der Waals surface area contributed by atoms with E-state index in [1.807, 2.05) is 43.0 Å². The molecule has 2 aromatic rings. The molecule has 1 N–H and O–H groups in total. The first kappa shape index (κ1) is 15.7. The summed E-state index contributed by atoms with van der Waals surface area (Å²) in [5, 5.41) is 4.22. The van der Waals surface area contributed by atoms with Crippen molar-refractivity contribution >= 4 is 22.6 Å². The van der Waals surface area contributed by atoms with Crippen LogP contribution in [0.1, 0.15) is 20.3 Å². The molecular formula is C17H22N4O2. The van der Waals surface area contributed by atoms with E-state index in [-0.39, 0.29) is 18.1 Å². The molecule has 1 aromatic heterocycles. The summed E-state index contributed by atoms with van der Waals surface area (Å²) in [6, 6.07) is 7.83. The third-order valence-corrected chi connectivity index (χ3v) is 3.95. The molecule has 1 aliphatic rings. The summed E-state index contributed by atoms with van der Waals surface area (Å²) in [7, 11) is 0. The van der Waals surface area contributed by atoms with Crippen molar-refractivity contribution in [1.29, 1.82) is 0 Å². The van der Waals surface area contributed by atoms with Crippen LogP contribution in [0.2, 0.25) is 0 Å². The van der Waals surface area contributed by atoms with Gasteiger partial charge in [-0.1, -0.05) is 12.1 Å². The summed E-state index contributed by atoms with van der Waals surface area (Å²) >= 11 is 0. The molecule has 23 heavy (non-hydrogen) atoms. The zero-order chi connectivity index (χ0) is 16.2. The third-order valence-electron chi connectivity index (χ3n) is 3.95. The van der Waals surface area contributed by atoms with Crippen molar-refractivity contribution in [3.8, 4) is 0 Å². The summed E-state index contributed by atoms with van der Waals surface area (Å²) < 4.78 is 5.66. The summed E-state index contributed by atoms with van der Waals surface area (Å²) in [4.78, 5) is 22.7. The Bertz CT molecular complexity index is 676. The standard InChI is InChI=1S/C17H22N4O2/c1-12-9-21(10-13(2)23-12)16(22)7-8-18-17-14-5-3-4-6-15(14)19-11-20-17/h3-6,11-13H,7-10H2,1-2H3,(H,18,19,20)/t12-,13-/m1/s1. The molecule has 2 heterocycles.